The largest absolute Gasteiger partial charge is 0.431 e. The molecule has 1 N–H and O–H groups in total. The quantitative estimate of drug-likeness (QED) is 0.353. The third-order valence-electron chi connectivity index (χ3n) is 6.39. The smallest absolute Gasteiger partial charge is 0.387 e. The summed E-state index contributed by atoms with van der Waals surface area (Å²) in [4.78, 5) is 18.1. The molecule has 0 aliphatic carbocycles. The van der Waals surface area contributed by atoms with Gasteiger partial charge in [-0.05, 0) is 37.0 Å². The number of nitriles is 1. The standard InChI is InChI=1S/C24H20F2N8O2/c25-23(26)35-19-3-1-2-18-21(19)36-24(32-18)33-7-5-14(11-33)8-16(9-27)34-12-15(10-31-34)20-17-4-6-28-22(17)30-13-29-20/h1-4,6,10,12-14,16,23H,5,7-8,11H2,(H,28,29,30). The number of nitrogens with zero attached hydrogens (tertiary/aromatic N) is 7. The van der Waals surface area contributed by atoms with Crippen molar-refractivity contribution in [1.82, 2.24) is 29.7 Å². The van der Waals surface area contributed by atoms with Crippen LogP contribution in [-0.2, 0) is 0 Å². The molecule has 4 aromatic heterocycles. The van der Waals surface area contributed by atoms with Gasteiger partial charge in [0.15, 0.2) is 11.3 Å². The van der Waals surface area contributed by atoms with E-state index in [0.717, 1.165) is 28.7 Å². The van der Waals surface area contributed by atoms with Gasteiger partial charge in [-0.15, -0.1) is 0 Å². The highest BCUT2D eigenvalue weighted by molar-refractivity contribution is 5.90. The van der Waals surface area contributed by atoms with Crippen LogP contribution in [0.3, 0.4) is 0 Å². The molecule has 182 valence electrons. The van der Waals surface area contributed by atoms with Crippen molar-refractivity contribution < 1.29 is 17.9 Å². The number of ether oxygens (including phenoxy) is 1. The Morgan fingerprint density at radius 2 is 2.19 bits per heavy atom. The normalized spacial score (nSPS) is 16.7. The summed E-state index contributed by atoms with van der Waals surface area (Å²) in [5, 5.41) is 15.2. The molecule has 36 heavy (non-hydrogen) atoms. The molecule has 5 heterocycles. The summed E-state index contributed by atoms with van der Waals surface area (Å²) in [6, 6.07) is 8.87. The average Bonchev–Trinajstić information content (AvgIpc) is 3.67. The van der Waals surface area contributed by atoms with Gasteiger partial charge in [0.25, 0.3) is 6.01 Å². The van der Waals surface area contributed by atoms with E-state index in [1.54, 1.807) is 29.2 Å². The van der Waals surface area contributed by atoms with Gasteiger partial charge in [0.05, 0.1) is 18.0 Å². The van der Waals surface area contributed by atoms with E-state index >= 15 is 0 Å². The van der Waals surface area contributed by atoms with Gasteiger partial charge in [-0.3, -0.25) is 4.68 Å². The Balaban J connectivity index is 1.17. The SMILES string of the molecule is N#CC(CC1CCN(c2nc3cccc(OC(F)F)c3o2)C1)n1cc(-c2ncnc3[nH]ccc23)cn1. The van der Waals surface area contributed by atoms with Crippen LogP contribution in [0.4, 0.5) is 14.8 Å². The molecule has 1 saturated heterocycles. The summed E-state index contributed by atoms with van der Waals surface area (Å²) < 4.78 is 37.5. The molecule has 0 radical (unpaired) electrons. The molecule has 1 aromatic carbocycles. The highest BCUT2D eigenvalue weighted by Crippen LogP contribution is 2.34. The molecule has 0 amide bonds. The van der Waals surface area contributed by atoms with E-state index in [0.29, 0.717) is 31.0 Å². The Hall–Kier alpha value is -4.53. The van der Waals surface area contributed by atoms with Crippen LogP contribution in [0.2, 0.25) is 0 Å². The van der Waals surface area contributed by atoms with Crippen LogP contribution in [0.1, 0.15) is 18.9 Å². The molecule has 5 aromatic rings. The van der Waals surface area contributed by atoms with E-state index in [4.69, 9.17) is 4.42 Å². The average molecular weight is 490 g/mol. The van der Waals surface area contributed by atoms with Gasteiger partial charge in [-0.25, -0.2) is 9.97 Å². The summed E-state index contributed by atoms with van der Waals surface area (Å²) in [6.07, 6.45) is 8.27. The Morgan fingerprint density at radius 1 is 1.28 bits per heavy atom. The van der Waals surface area contributed by atoms with Crippen molar-refractivity contribution >= 4 is 28.1 Å². The summed E-state index contributed by atoms with van der Waals surface area (Å²) in [7, 11) is 0. The van der Waals surface area contributed by atoms with Crippen LogP contribution in [0.25, 0.3) is 33.4 Å². The number of anilines is 1. The van der Waals surface area contributed by atoms with Gasteiger partial charge in [-0.2, -0.15) is 24.1 Å². The van der Waals surface area contributed by atoms with Gasteiger partial charge in [0.1, 0.15) is 23.5 Å². The van der Waals surface area contributed by atoms with Crippen molar-refractivity contribution in [3.05, 3.63) is 49.2 Å². The molecule has 2 unspecified atom stereocenters. The van der Waals surface area contributed by atoms with Crippen molar-refractivity contribution in [1.29, 1.82) is 5.26 Å². The molecule has 10 nitrogen and oxygen atoms in total. The number of hydrogen-bond acceptors (Lipinski definition) is 8. The minimum Gasteiger partial charge on any atom is -0.431 e. The predicted molar refractivity (Wildman–Crippen MR) is 125 cm³/mol. The molecular weight excluding hydrogens is 470 g/mol. The molecule has 0 bridgehead atoms. The van der Waals surface area contributed by atoms with E-state index in [1.807, 2.05) is 17.2 Å². The highest BCUT2D eigenvalue weighted by atomic mass is 19.3. The maximum absolute atomic E-state index is 12.7. The fraction of sp³-hybridized carbons (Fsp3) is 0.292. The van der Waals surface area contributed by atoms with E-state index in [9.17, 15) is 14.0 Å². The fourth-order valence-corrected chi connectivity index (χ4v) is 4.70. The zero-order chi connectivity index (χ0) is 24.6. The van der Waals surface area contributed by atoms with Crippen LogP contribution >= 0.6 is 0 Å². The molecule has 2 atom stereocenters. The first-order chi connectivity index (χ1) is 17.6. The maximum atomic E-state index is 12.7. The number of para-hydroxylation sites is 1. The van der Waals surface area contributed by atoms with Crippen LogP contribution < -0.4 is 9.64 Å². The lowest BCUT2D eigenvalue weighted by Gasteiger charge is -2.16. The monoisotopic (exact) mass is 490 g/mol. The highest BCUT2D eigenvalue weighted by Gasteiger charge is 2.29. The lowest BCUT2D eigenvalue weighted by atomic mass is 10.00. The number of benzene rings is 1. The number of H-pyrrole nitrogens is 1. The Labute approximate surface area is 203 Å². The van der Waals surface area contributed by atoms with Crippen molar-refractivity contribution in [3.8, 4) is 23.1 Å². The van der Waals surface area contributed by atoms with Crippen LogP contribution in [0, 0.1) is 17.2 Å². The number of aromatic nitrogens is 6. The third kappa shape index (κ3) is 3.98. The minimum atomic E-state index is -2.95. The molecule has 0 spiro atoms. The van der Waals surface area contributed by atoms with Gasteiger partial charge in [0, 0.05) is 36.4 Å². The predicted octanol–water partition coefficient (Wildman–Crippen LogP) is 4.55. The number of fused-ring (bicyclic) bond motifs is 2. The van der Waals surface area contributed by atoms with Crippen molar-refractivity contribution in [3.63, 3.8) is 0 Å². The van der Waals surface area contributed by atoms with E-state index in [1.165, 1.54) is 12.4 Å². The van der Waals surface area contributed by atoms with Gasteiger partial charge >= 0.3 is 6.61 Å². The van der Waals surface area contributed by atoms with Gasteiger partial charge in [0.2, 0.25) is 0 Å². The van der Waals surface area contributed by atoms with Crippen LogP contribution in [0.15, 0.2) is 53.6 Å². The fourth-order valence-electron chi connectivity index (χ4n) is 4.70. The van der Waals surface area contributed by atoms with E-state index < -0.39 is 12.7 Å². The number of alkyl halides is 2. The number of hydrogen-bond donors (Lipinski definition) is 1. The molecule has 12 heteroatoms. The molecule has 6 rings (SSSR count). The number of aromatic amines is 1. The summed E-state index contributed by atoms with van der Waals surface area (Å²) in [5.41, 5.74) is 2.94. The molecule has 0 saturated carbocycles. The lowest BCUT2D eigenvalue weighted by Crippen LogP contribution is -2.21. The van der Waals surface area contributed by atoms with Crippen LogP contribution in [0.5, 0.6) is 5.75 Å². The zero-order valence-electron chi connectivity index (χ0n) is 18.9. The topological polar surface area (TPSA) is 122 Å². The number of halogens is 2. The molecule has 1 aliphatic heterocycles. The zero-order valence-corrected chi connectivity index (χ0v) is 18.9. The third-order valence-corrected chi connectivity index (χ3v) is 6.39. The Morgan fingerprint density at radius 3 is 3.06 bits per heavy atom. The second-order valence-corrected chi connectivity index (χ2v) is 8.63. The van der Waals surface area contributed by atoms with E-state index in [-0.39, 0.29) is 17.3 Å². The Bertz CT molecular complexity index is 1570. The first-order valence-corrected chi connectivity index (χ1v) is 11.4. The molecule has 1 aliphatic rings. The number of oxazole rings is 1. The maximum Gasteiger partial charge on any atom is 0.387 e. The molecule has 1 fully saturated rings. The Kier molecular flexibility index (Phi) is 5.44. The second-order valence-electron chi connectivity index (χ2n) is 8.63. The van der Waals surface area contributed by atoms with Crippen molar-refractivity contribution in [2.24, 2.45) is 5.92 Å². The van der Waals surface area contributed by atoms with Gasteiger partial charge < -0.3 is 19.0 Å². The summed E-state index contributed by atoms with van der Waals surface area (Å²) >= 11 is 0. The van der Waals surface area contributed by atoms with Gasteiger partial charge in [-0.1, -0.05) is 6.07 Å². The number of rotatable bonds is 7. The first kappa shape index (κ1) is 22.0. The number of nitrogens with one attached hydrogen (secondary N) is 1. The second kappa shape index (κ2) is 8.92. The summed E-state index contributed by atoms with van der Waals surface area (Å²) in [6.45, 7) is -1.65. The van der Waals surface area contributed by atoms with Crippen LogP contribution in [-0.4, -0.2) is 49.4 Å². The van der Waals surface area contributed by atoms with Crippen molar-refractivity contribution in [2.45, 2.75) is 25.5 Å². The summed E-state index contributed by atoms with van der Waals surface area (Å²) in [5.74, 6) is 0.154. The van der Waals surface area contributed by atoms with E-state index in [2.05, 4.69) is 35.8 Å². The minimum absolute atomic E-state index is 0.0448. The van der Waals surface area contributed by atoms with Crippen molar-refractivity contribution in [2.75, 3.05) is 18.0 Å². The molecular formula is C24H20F2N8O2. The first-order valence-electron chi connectivity index (χ1n) is 11.4. The lowest BCUT2D eigenvalue weighted by molar-refractivity contribution is -0.0493.